The van der Waals surface area contributed by atoms with Crippen LogP contribution >= 0.6 is 31.9 Å². The second kappa shape index (κ2) is 7.08. The Kier molecular flexibility index (Phi) is 7.32. The zero-order valence-corrected chi connectivity index (χ0v) is 13.6. The highest BCUT2D eigenvalue weighted by Crippen LogP contribution is 2.22. The molecule has 0 bridgehead atoms. The van der Waals surface area contributed by atoms with Gasteiger partial charge in [0.15, 0.2) is 0 Å². The maximum absolute atomic E-state index is 11.7. The smallest absolute Gasteiger partial charge is 0.251 e. The summed E-state index contributed by atoms with van der Waals surface area (Å²) in [6, 6.07) is 0. The van der Waals surface area contributed by atoms with Crippen molar-refractivity contribution in [2.75, 3.05) is 5.75 Å². The Balaban J connectivity index is 4.41. The lowest BCUT2D eigenvalue weighted by atomic mass is 10.1. The lowest BCUT2D eigenvalue weighted by molar-refractivity contribution is -0.115. The summed E-state index contributed by atoms with van der Waals surface area (Å²) < 4.78 is 15.2. The maximum atomic E-state index is 11.7. The van der Waals surface area contributed by atoms with Crippen LogP contribution in [0.3, 0.4) is 0 Å². The lowest BCUT2D eigenvalue weighted by Gasteiger charge is -2.18. The monoisotopic (exact) mass is 376 g/mol. The number of hydrogen-bond acceptors (Lipinski definition) is 2. The molecule has 0 aromatic rings. The number of carbonyl (C=O) groups is 1. The molecule has 4 atom stereocenters. The van der Waals surface area contributed by atoms with Crippen LogP contribution in [0.1, 0.15) is 27.2 Å². The molecule has 16 heavy (non-hydrogen) atoms. The predicted molar refractivity (Wildman–Crippen MR) is 75.2 cm³/mol. The normalized spacial score (nSPS) is 20.6. The number of rotatable bonds is 5. The topological polar surface area (TPSA) is 72.5 Å². The summed E-state index contributed by atoms with van der Waals surface area (Å²) >= 11 is 6.98. The number of carbonyl (C=O) groups excluding carboxylic acids is 1. The van der Waals surface area contributed by atoms with E-state index in [1.807, 2.05) is 13.8 Å². The van der Waals surface area contributed by atoms with Gasteiger partial charge in [0.1, 0.15) is 9.92 Å². The Morgan fingerprint density at radius 3 is 2.31 bits per heavy atom. The van der Waals surface area contributed by atoms with Crippen LogP contribution in [0.4, 0.5) is 0 Å². The van der Waals surface area contributed by atoms with Crippen molar-refractivity contribution in [3.63, 3.8) is 0 Å². The third-order valence-electron chi connectivity index (χ3n) is 1.93. The minimum Gasteiger partial charge on any atom is -0.272 e. The summed E-state index contributed by atoms with van der Waals surface area (Å²) in [6.45, 7) is 5.24. The fraction of sp³-hybridized carbons (Fsp3) is 0.889. The quantitative estimate of drug-likeness (QED) is 0.747. The number of hydrogen-bond donors (Lipinski definition) is 1. The van der Waals surface area contributed by atoms with Gasteiger partial charge in [0.25, 0.3) is 5.91 Å². The Labute approximate surface area is 114 Å². The second-order valence-electron chi connectivity index (χ2n) is 4.00. The van der Waals surface area contributed by atoms with Crippen LogP contribution < -0.4 is 5.14 Å². The van der Waals surface area contributed by atoms with Crippen LogP contribution in [0.25, 0.3) is 0 Å². The standard InChI is InChI=1S/C9H18Br2N2O2S/c1-6(4-9(11)7(2)10)5-16(12,15)13-8(3)14/h6-7,9H,4-5H2,1-3H3,(H2,12,13,14,15)/t6-,7?,9?,16-/m0/s1. The highest BCUT2D eigenvalue weighted by molar-refractivity contribution is 9.12. The molecular weight excluding hydrogens is 360 g/mol. The molecule has 0 radical (unpaired) electrons. The SMILES string of the molecule is CC(=O)N=[S@](N)(=O)C[C@@H](C)CC(Br)C(C)Br. The van der Waals surface area contributed by atoms with Gasteiger partial charge in [0, 0.05) is 22.3 Å². The van der Waals surface area contributed by atoms with Crippen LogP contribution in [-0.4, -0.2) is 25.5 Å². The average Bonchev–Trinajstić information content (AvgIpc) is 1.98. The van der Waals surface area contributed by atoms with Crippen molar-refractivity contribution < 1.29 is 9.00 Å². The summed E-state index contributed by atoms with van der Waals surface area (Å²) in [5.74, 6) is -0.0945. The minimum absolute atomic E-state index is 0.143. The molecule has 0 spiro atoms. The number of halogens is 2. The zero-order valence-electron chi connectivity index (χ0n) is 9.65. The molecule has 96 valence electrons. The van der Waals surface area contributed by atoms with E-state index in [4.69, 9.17) is 5.14 Å². The second-order valence-corrected chi connectivity index (χ2v) is 8.52. The number of nitrogens with two attached hydrogens (primary N) is 1. The van der Waals surface area contributed by atoms with E-state index >= 15 is 0 Å². The van der Waals surface area contributed by atoms with Gasteiger partial charge in [-0.05, 0) is 12.3 Å². The molecule has 0 aliphatic rings. The molecule has 7 heteroatoms. The fourth-order valence-corrected chi connectivity index (χ4v) is 3.62. The van der Waals surface area contributed by atoms with Gasteiger partial charge in [-0.15, -0.1) is 4.36 Å². The van der Waals surface area contributed by atoms with Gasteiger partial charge >= 0.3 is 0 Å². The molecule has 0 saturated carbocycles. The predicted octanol–water partition coefficient (Wildman–Crippen LogP) is 2.45. The molecule has 0 fully saturated rings. The zero-order chi connectivity index (χ0) is 12.9. The average molecular weight is 378 g/mol. The first-order chi connectivity index (χ1) is 7.14. The van der Waals surface area contributed by atoms with Crippen LogP contribution in [0.2, 0.25) is 0 Å². The maximum Gasteiger partial charge on any atom is 0.251 e. The van der Waals surface area contributed by atoms with E-state index in [0.29, 0.717) is 4.83 Å². The van der Waals surface area contributed by atoms with E-state index in [9.17, 15) is 9.00 Å². The summed E-state index contributed by atoms with van der Waals surface area (Å²) in [7, 11) is -2.86. The first-order valence-electron chi connectivity index (χ1n) is 4.95. The van der Waals surface area contributed by atoms with Gasteiger partial charge in [-0.1, -0.05) is 45.7 Å². The molecule has 4 nitrogen and oxygen atoms in total. The molecule has 1 amide bonds. The van der Waals surface area contributed by atoms with E-state index in [-0.39, 0.29) is 16.5 Å². The van der Waals surface area contributed by atoms with Crippen molar-refractivity contribution in [1.29, 1.82) is 0 Å². The Morgan fingerprint density at radius 2 is 1.94 bits per heavy atom. The van der Waals surface area contributed by atoms with Crippen LogP contribution in [0.15, 0.2) is 4.36 Å². The summed E-state index contributed by atoms with van der Waals surface area (Å²) in [5.41, 5.74) is 0. The molecular formula is C9H18Br2N2O2S. The van der Waals surface area contributed by atoms with Crippen molar-refractivity contribution in [2.24, 2.45) is 15.4 Å². The molecule has 2 unspecified atom stereocenters. The van der Waals surface area contributed by atoms with E-state index in [0.717, 1.165) is 6.42 Å². The molecule has 0 aromatic carbocycles. The van der Waals surface area contributed by atoms with Crippen molar-refractivity contribution >= 4 is 47.7 Å². The van der Waals surface area contributed by atoms with Crippen molar-refractivity contribution in [1.82, 2.24) is 0 Å². The Hall–Kier alpha value is 0.540. The first kappa shape index (κ1) is 16.5. The molecule has 0 rings (SSSR count). The molecule has 0 aliphatic heterocycles. The highest BCUT2D eigenvalue weighted by atomic mass is 79.9. The minimum atomic E-state index is -2.86. The molecule has 2 N–H and O–H groups in total. The highest BCUT2D eigenvalue weighted by Gasteiger charge is 2.18. The molecule has 0 aliphatic carbocycles. The molecule has 0 aromatic heterocycles. The summed E-state index contributed by atoms with van der Waals surface area (Å²) in [6.07, 6.45) is 0.827. The summed E-state index contributed by atoms with van der Waals surface area (Å²) in [5, 5.41) is 5.48. The lowest BCUT2D eigenvalue weighted by Crippen LogP contribution is -2.25. The third-order valence-corrected chi connectivity index (χ3v) is 6.06. The van der Waals surface area contributed by atoms with Gasteiger partial charge in [-0.2, -0.15) is 0 Å². The Morgan fingerprint density at radius 1 is 1.44 bits per heavy atom. The molecule has 0 saturated heterocycles. The van der Waals surface area contributed by atoms with Crippen LogP contribution in [0.5, 0.6) is 0 Å². The van der Waals surface area contributed by atoms with Gasteiger partial charge < -0.3 is 0 Å². The third kappa shape index (κ3) is 7.76. The van der Waals surface area contributed by atoms with Gasteiger partial charge in [0.2, 0.25) is 0 Å². The fourth-order valence-electron chi connectivity index (χ4n) is 1.30. The van der Waals surface area contributed by atoms with Gasteiger partial charge in [-0.25, -0.2) is 9.35 Å². The molecule has 0 heterocycles. The van der Waals surface area contributed by atoms with Crippen molar-refractivity contribution in [3.05, 3.63) is 0 Å². The largest absolute Gasteiger partial charge is 0.272 e. The number of nitrogens with zero attached hydrogens (tertiary/aromatic N) is 1. The first-order valence-corrected chi connectivity index (χ1v) is 8.53. The number of alkyl halides is 2. The Bertz CT molecular complexity index is 351. The van der Waals surface area contributed by atoms with Crippen molar-refractivity contribution in [2.45, 2.75) is 36.8 Å². The van der Waals surface area contributed by atoms with Crippen molar-refractivity contribution in [3.8, 4) is 0 Å². The van der Waals surface area contributed by atoms with Gasteiger partial charge in [-0.3, -0.25) is 4.79 Å². The summed E-state index contributed by atoms with van der Waals surface area (Å²) in [4.78, 5) is 11.3. The van der Waals surface area contributed by atoms with E-state index in [1.54, 1.807) is 0 Å². The van der Waals surface area contributed by atoms with E-state index < -0.39 is 15.8 Å². The van der Waals surface area contributed by atoms with Crippen LogP contribution in [-0.2, 0) is 14.7 Å². The van der Waals surface area contributed by atoms with E-state index in [2.05, 4.69) is 36.2 Å². The van der Waals surface area contributed by atoms with E-state index in [1.165, 1.54) is 6.92 Å². The number of amides is 1. The van der Waals surface area contributed by atoms with Crippen LogP contribution in [0, 0.1) is 5.92 Å². The van der Waals surface area contributed by atoms with Gasteiger partial charge in [0.05, 0.1) is 0 Å².